The second-order valence-electron chi connectivity index (χ2n) is 7.90. The average molecular weight is 452 g/mol. The van der Waals surface area contributed by atoms with Gasteiger partial charge in [-0.05, 0) is 36.8 Å². The number of carbonyl (C=O) groups excluding carboxylic acids is 2. The molecule has 1 heterocycles. The quantitative estimate of drug-likeness (QED) is 0.610. The van der Waals surface area contributed by atoms with Gasteiger partial charge < -0.3 is 20.1 Å². The van der Waals surface area contributed by atoms with E-state index in [0.29, 0.717) is 19.2 Å². The van der Waals surface area contributed by atoms with E-state index in [0.717, 1.165) is 17.7 Å². The number of hydrogen-bond donors (Lipinski definition) is 2. The van der Waals surface area contributed by atoms with Crippen molar-refractivity contribution in [2.75, 3.05) is 18.4 Å². The number of rotatable bonds is 4. The van der Waals surface area contributed by atoms with Gasteiger partial charge in [0, 0.05) is 29.9 Å². The predicted octanol–water partition coefficient (Wildman–Crippen LogP) is 4.52. The van der Waals surface area contributed by atoms with Gasteiger partial charge in [0.15, 0.2) is 0 Å². The van der Waals surface area contributed by atoms with Gasteiger partial charge in [0.05, 0.1) is 18.2 Å². The highest BCUT2D eigenvalue weighted by molar-refractivity contribution is 6.05. The molecule has 2 atom stereocenters. The molecule has 0 bridgehead atoms. The van der Waals surface area contributed by atoms with Crippen LogP contribution in [0.5, 0.6) is 5.75 Å². The van der Waals surface area contributed by atoms with Crippen molar-refractivity contribution in [3.63, 3.8) is 0 Å². The van der Waals surface area contributed by atoms with Crippen LogP contribution in [0.15, 0.2) is 66.7 Å². The van der Waals surface area contributed by atoms with Crippen LogP contribution in [0.3, 0.4) is 0 Å². The fourth-order valence-electron chi connectivity index (χ4n) is 3.82. The number of morpholine rings is 1. The van der Waals surface area contributed by atoms with Crippen LogP contribution in [-0.2, 0) is 4.74 Å². The molecule has 8 heteroatoms. The first-order chi connectivity index (χ1) is 15.8. The minimum atomic E-state index is -0.877. The van der Waals surface area contributed by atoms with Crippen LogP contribution in [0.1, 0.15) is 39.3 Å². The Morgan fingerprint density at radius 3 is 2.36 bits per heavy atom. The molecule has 1 aliphatic rings. The van der Waals surface area contributed by atoms with Crippen molar-refractivity contribution < 1.29 is 28.2 Å². The van der Waals surface area contributed by atoms with E-state index in [-0.39, 0.29) is 40.7 Å². The first kappa shape index (κ1) is 22.4. The Labute approximate surface area is 189 Å². The highest BCUT2D eigenvalue weighted by Crippen LogP contribution is 2.29. The van der Waals surface area contributed by atoms with E-state index in [1.54, 1.807) is 4.90 Å². The molecule has 0 saturated carbocycles. The maximum Gasteiger partial charge on any atom is 0.257 e. The van der Waals surface area contributed by atoms with Crippen molar-refractivity contribution in [3.8, 4) is 5.75 Å². The Balaban J connectivity index is 1.49. The third kappa shape index (κ3) is 5.18. The van der Waals surface area contributed by atoms with Crippen LogP contribution in [0.4, 0.5) is 14.5 Å². The van der Waals surface area contributed by atoms with Gasteiger partial charge in [0.2, 0.25) is 0 Å². The van der Waals surface area contributed by atoms with Crippen molar-refractivity contribution in [2.24, 2.45) is 0 Å². The minimum absolute atomic E-state index is 0.0747. The molecule has 0 aliphatic carbocycles. The topological polar surface area (TPSA) is 78.9 Å². The fraction of sp³-hybridized carbons (Fsp3) is 0.200. The molecule has 170 valence electrons. The zero-order valence-electron chi connectivity index (χ0n) is 17.8. The molecule has 33 heavy (non-hydrogen) atoms. The van der Waals surface area contributed by atoms with E-state index < -0.39 is 17.5 Å². The zero-order valence-corrected chi connectivity index (χ0v) is 17.8. The third-order valence-electron chi connectivity index (χ3n) is 5.33. The molecule has 3 aromatic carbocycles. The summed E-state index contributed by atoms with van der Waals surface area (Å²) in [5.74, 6) is -3.19. The lowest BCUT2D eigenvalue weighted by Crippen LogP contribution is -2.46. The van der Waals surface area contributed by atoms with Gasteiger partial charge in [-0.1, -0.05) is 30.3 Å². The minimum Gasteiger partial charge on any atom is -0.507 e. The van der Waals surface area contributed by atoms with Crippen LogP contribution in [-0.4, -0.2) is 41.0 Å². The highest BCUT2D eigenvalue weighted by Gasteiger charge is 2.31. The van der Waals surface area contributed by atoms with Crippen molar-refractivity contribution >= 4 is 17.5 Å². The number of amides is 2. The summed E-state index contributed by atoms with van der Waals surface area (Å²) in [4.78, 5) is 27.0. The maximum absolute atomic E-state index is 13.4. The number of phenolic OH excluding ortho intramolecular Hbond substituents is 1. The summed E-state index contributed by atoms with van der Waals surface area (Å²) in [6.45, 7) is 2.57. The number of anilines is 1. The summed E-state index contributed by atoms with van der Waals surface area (Å²) >= 11 is 0. The molecule has 1 saturated heterocycles. The highest BCUT2D eigenvalue weighted by atomic mass is 19.1. The van der Waals surface area contributed by atoms with E-state index in [2.05, 4.69) is 5.32 Å². The lowest BCUT2D eigenvalue weighted by molar-refractivity contribution is -0.0692. The van der Waals surface area contributed by atoms with Crippen LogP contribution in [0.25, 0.3) is 0 Å². The largest absolute Gasteiger partial charge is 0.507 e. The van der Waals surface area contributed by atoms with Gasteiger partial charge >= 0.3 is 0 Å². The van der Waals surface area contributed by atoms with E-state index >= 15 is 0 Å². The standard InChI is InChI=1S/C25H22F2N2O4/c1-15-13-29(14-23(33-15)16-5-3-2-4-6-16)25(32)21-8-7-20(12-22(21)30)28-24(31)17-9-18(26)11-19(27)10-17/h2-12,15,23,30H,13-14H2,1H3,(H,28,31). The lowest BCUT2D eigenvalue weighted by Gasteiger charge is -2.37. The molecular weight excluding hydrogens is 430 g/mol. The third-order valence-corrected chi connectivity index (χ3v) is 5.33. The maximum atomic E-state index is 13.4. The van der Waals surface area contributed by atoms with E-state index in [4.69, 9.17) is 4.74 Å². The number of nitrogens with one attached hydrogen (secondary N) is 1. The Morgan fingerprint density at radius 2 is 1.70 bits per heavy atom. The molecule has 1 fully saturated rings. The molecule has 0 aromatic heterocycles. The molecule has 4 rings (SSSR count). The molecule has 6 nitrogen and oxygen atoms in total. The Kier molecular flexibility index (Phi) is 6.37. The number of hydrogen-bond acceptors (Lipinski definition) is 4. The predicted molar refractivity (Wildman–Crippen MR) is 118 cm³/mol. The first-order valence-electron chi connectivity index (χ1n) is 10.4. The van der Waals surface area contributed by atoms with E-state index in [9.17, 15) is 23.5 Å². The molecule has 2 unspecified atom stereocenters. The number of carbonyl (C=O) groups is 2. The number of nitrogens with zero attached hydrogens (tertiary/aromatic N) is 1. The van der Waals surface area contributed by atoms with E-state index in [1.807, 2.05) is 37.3 Å². The molecule has 2 amide bonds. The monoisotopic (exact) mass is 452 g/mol. The second kappa shape index (κ2) is 9.38. The summed E-state index contributed by atoms with van der Waals surface area (Å²) in [6, 6.07) is 16.1. The number of ether oxygens (including phenoxy) is 1. The van der Waals surface area contributed by atoms with Gasteiger partial charge in [0.1, 0.15) is 23.5 Å². The average Bonchev–Trinajstić information content (AvgIpc) is 2.78. The van der Waals surface area contributed by atoms with Gasteiger partial charge in [-0.25, -0.2) is 8.78 Å². The van der Waals surface area contributed by atoms with Gasteiger partial charge in [-0.3, -0.25) is 9.59 Å². The van der Waals surface area contributed by atoms with Crippen molar-refractivity contribution in [1.29, 1.82) is 0 Å². The van der Waals surface area contributed by atoms with Crippen molar-refractivity contribution in [1.82, 2.24) is 4.90 Å². The lowest BCUT2D eigenvalue weighted by atomic mass is 10.0. The number of phenols is 1. The SMILES string of the molecule is CC1CN(C(=O)c2ccc(NC(=O)c3cc(F)cc(F)c3)cc2O)CC(c2ccccc2)O1. The van der Waals surface area contributed by atoms with Crippen LogP contribution in [0.2, 0.25) is 0 Å². The summed E-state index contributed by atoms with van der Waals surface area (Å²) in [5.41, 5.74) is 1.00. The summed E-state index contributed by atoms with van der Waals surface area (Å²) < 4.78 is 32.7. The van der Waals surface area contributed by atoms with Crippen LogP contribution in [0, 0.1) is 11.6 Å². The summed E-state index contributed by atoms with van der Waals surface area (Å²) in [7, 11) is 0. The Bertz CT molecular complexity index is 1170. The molecule has 2 N–H and O–H groups in total. The molecule has 0 spiro atoms. The second-order valence-corrected chi connectivity index (χ2v) is 7.90. The van der Waals surface area contributed by atoms with Crippen molar-refractivity contribution in [2.45, 2.75) is 19.1 Å². The smallest absolute Gasteiger partial charge is 0.257 e. The summed E-state index contributed by atoms with van der Waals surface area (Å²) in [6.07, 6.45) is -0.480. The van der Waals surface area contributed by atoms with Gasteiger partial charge in [-0.15, -0.1) is 0 Å². The van der Waals surface area contributed by atoms with E-state index in [1.165, 1.54) is 18.2 Å². The van der Waals surface area contributed by atoms with Crippen LogP contribution >= 0.6 is 0 Å². The molecule has 1 aliphatic heterocycles. The Morgan fingerprint density at radius 1 is 1.00 bits per heavy atom. The number of benzene rings is 3. The van der Waals surface area contributed by atoms with Gasteiger partial charge in [-0.2, -0.15) is 0 Å². The summed E-state index contributed by atoms with van der Waals surface area (Å²) in [5, 5.41) is 12.9. The number of aromatic hydroxyl groups is 1. The first-order valence-corrected chi connectivity index (χ1v) is 10.4. The Hall–Kier alpha value is -3.78. The van der Waals surface area contributed by atoms with Crippen LogP contribution < -0.4 is 5.32 Å². The zero-order chi connectivity index (χ0) is 23.5. The number of halogens is 2. The molecule has 0 radical (unpaired) electrons. The molecular formula is C25H22F2N2O4. The molecule has 3 aromatic rings. The normalized spacial score (nSPS) is 18.1. The fourth-order valence-corrected chi connectivity index (χ4v) is 3.82. The van der Waals surface area contributed by atoms with Gasteiger partial charge in [0.25, 0.3) is 11.8 Å². The van der Waals surface area contributed by atoms with Crippen molar-refractivity contribution in [3.05, 3.63) is 95.1 Å².